The van der Waals surface area contributed by atoms with Gasteiger partial charge in [0.15, 0.2) is 5.96 Å². The van der Waals surface area contributed by atoms with Crippen molar-refractivity contribution in [2.24, 2.45) is 10.4 Å². The van der Waals surface area contributed by atoms with Crippen LogP contribution in [-0.2, 0) is 10.0 Å². The molecule has 1 fully saturated rings. The van der Waals surface area contributed by atoms with Crippen LogP contribution in [0.3, 0.4) is 0 Å². The summed E-state index contributed by atoms with van der Waals surface area (Å²) in [6, 6.07) is 3.13. The van der Waals surface area contributed by atoms with Gasteiger partial charge in [-0.05, 0) is 30.9 Å². The summed E-state index contributed by atoms with van der Waals surface area (Å²) in [5, 5.41) is 3.28. The molecule has 0 atom stereocenters. The Hall–Kier alpha value is -0.940. The lowest BCUT2D eigenvalue weighted by molar-refractivity contribution is 0.370. The summed E-state index contributed by atoms with van der Waals surface area (Å²) in [6.07, 6.45) is 4.01. The second kappa shape index (κ2) is 9.67. The molecule has 0 aliphatic carbocycles. The van der Waals surface area contributed by atoms with Crippen molar-refractivity contribution in [3.8, 4) is 0 Å². The van der Waals surface area contributed by atoms with Crippen molar-refractivity contribution < 1.29 is 8.42 Å². The zero-order chi connectivity index (χ0) is 17.6. The maximum atomic E-state index is 12.1. The highest BCUT2D eigenvalue weighted by Crippen LogP contribution is 2.28. The Bertz CT molecular complexity index is 664. The molecule has 7 nitrogen and oxygen atoms in total. The minimum atomic E-state index is -3.52. The Morgan fingerprint density at radius 2 is 2.20 bits per heavy atom. The number of halogens is 1. The monoisotopic (exact) mass is 481 g/mol. The SMILES string of the molecule is CCNC(=NCCNS(=O)(=O)c1cccnc1)N1CCC(C)(C)C1.I. The number of aliphatic imine (C=N–C) groups is 1. The van der Waals surface area contributed by atoms with Crippen LogP contribution >= 0.6 is 24.0 Å². The van der Waals surface area contributed by atoms with Gasteiger partial charge in [0.2, 0.25) is 10.0 Å². The van der Waals surface area contributed by atoms with Gasteiger partial charge in [0.25, 0.3) is 0 Å². The lowest BCUT2D eigenvalue weighted by Crippen LogP contribution is -2.41. The lowest BCUT2D eigenvalue weighted by Gasteiger charge is -2.23. The number of nitrogens with zero attached hydrogens (tertiary/aromatic N) is 3. The van der Waals surface area contributed by atoms with Crippen LogP contribution in [0.4, 0.5) is 0 Å². The second-order valence-electron chi connectivity index (χ2n) is 6.66. The van der Waals surface area contributed by atoms with E-state index in [1.165, 1.54) is 12.3 Å². The number of guanidine groups is 1. The molecule has 1 aliphatic rings. The van der Waals surface area contributed by atoms with Crippen molar-refractivity contribution in [2.75, 3.05) is 32.7 Å². The van der Waals surface area contributed by atoms with Gasteiger partial charge in [-0.1, -0.05) is 13.8 Å². The Labute approximate surface area is 167 Å². The standard InChI is InChI=1S/C16H27N5O2S.HI/c1-4-18-15(21-11-7-16(2,3)13-21)19-9-10-20-24(22,23)14-6-5-8-17-12-14;/h5-6,8,12,20H,4,7,9-11,13H2,1-3H3,(H,18,19);1H. The van der Waals surface area contributed by atoms with E-state index in [1.54, 1.807) is 12.3 Å². The zero-order valence-corrected chi connectivity index (χ0v) is 18.2. The van der Waals surface area contributed by atoms with Gasteiger partial charge >= 0.3 is 0 Å². The molecular formula is C16H28IN5O2S. The van der Waals surface area contributed by atoms with E-state index in [0.29, 0.717) is 6.54 Å². The minimum Gasteiger partial charge on any atom is -0.357 e. The topological polar surface area (TPSA) is 86.7 Å². The van der Waals surface area contributed by atoms with E-state index in [0.717, 1.165) is 32.0 Å². The van der Waals surface area contributed by atoms with Gasteiger partial charge in [-0.3, -0.25) is 9.98 Å². The van der Waals surface area contributed by atoms with E-state index >= 15 is 0 Å². The van der Waals surface area contributed by atoms with E-state index in [1.807, 2.05) is 6.92 Å². The minimum absolute atomic E-state index is 0. The first-order valence-corrected chi connectivity index (χ1v) is 9.75. The Morgan fingerprint density at radius 3 is 2.76 bits per heavy atom. The Balaban J connectivity index is 0.00000312. The molecule has 0 saturated carbocycles. The molecule has 0 unspecified atom stereocenters. The molecule has 1 aromatic heterocycles. The molecule has 0 aromatic carbocycles. The Morgan fingerprint density at radius 1 is 1.44 bits per heavy atom. The molecule has 2 heterocycles. The molecule has 0 amide bonds. The summed E-state index contributed by atoms with van der Waals surface area (Å²) in [5.74, 6) is 0.851. The second-order valence-corrected chi connectivity index (χ2v) is 8.42. The molecular weight excluding hydrogens is 453 g/mol. The lowest BCUT2D eigenvalue weighted by atomic mass is 9.93. The van der Waals surface area contributed by atoms with Gasteiger partial charge in [-0.25, -0.2) is 13.1 Å². The predicted octanol–water partition coefficient (Wildman–Crippen LogP) is 1.68. The third-order valence-electron chi connectivity index (χ3n) is 3.92. The van der Waals surface area contributed by atoms with Crippen LogP contribution < -0.4 is 10.0 Å². The largest absolute Gasteiger partial charge is 0.357 e. The maximum absolute atomic E-state index is 12.1. The summed E-state index contributed by atoms with van der Waals surface area (Å²) >= 11 is 0. The number of sulfonamides is 1. The maximum Gasteiger partial charge on any atom is 0.242 e. The number of pyridine rings is 1. The smallest absolute Gasteiger partial charge is 0.242 e. The first-order valence-electron chi connectivity index (χ1n) is 8.27. The number of hydrogen-bond donors (Lipinski definition) is 2. The van der Waals surface area contributed by atoms with Gasteiger partial charge in [0.1, 0.15) is 4.90 Å². The third kappa shape index (κ3) is 6.70. The number of rotatable bonds is 6. The predicted molar refractivity (Wildman–Crippen MR) is 111 cm³/mol. The van der Waals surface area contributed by atoms with Crippen molar-refractivity contribution in [1.29, 1.82) is 0 Å². The van der Waals surface area contributed by atoms with Crippen molar-refractivity contribution in [2.45, 2.75) is 32.1 Å². The van der Waals surface area contributed by atoms with Crippen LogP contribution in [0, 0.1) is 5.41 Å². The highest BCUT2D eigenvalue weighted by Gasteiger charge is 2.30. The van der Waals surface area contributed by atoms with Crippen molar-refractivity contribution in [3.05, 3.63) is 24.5 Å². The van der Waals surface area contributed by atoms with Crippen LogP contribution in [-0.4, -0.2) is 57.0 Å². The highest BCUT2D eigenvalue weighted by molar-refractivity contribution is 14.0. The third-order valence-corrected chi connectivity index (χ3v) is 5.37. The van der Waals surface area contributed by atoms with Crippen LogP contribution in [0.5, 0.6) is 0 Å². The molecule has 2 N–H and O–H groups in total. The average molecular weight is 481 g/mol. The van der Waals surface area contributed by atoms with Crippen molar-refractivity contribution in [3.63, 3.8) is 0 Å². The summed E-state index contributed by atoms with van der Waals surface area (Å²) in [6.45, 7) is 9.89. The molecule has 1 aromatic rings. The fraction of sp³-hybridized carbons (Fsp3) is 0.625. The van der Waals surface area contributed by atoms with Gasteiger partial charge in [-0.2, -0.15) is 0 Å². The first-order chi connectivity index (χ1) is 11.3. The van der Waals surface area contributed by atoms with E-state index in [-0.39, 0.29) is 40.8 Å². The number of nitrogens with one attached hydrogen (secondary N) is 2. The fourth-order valence-corrected chi connectivity index (χ4v) is 3.63. The quantitative estimate of drug-likeness (QED) is 0.280. The summed E-state index contributed by atoms with van der Waals surface area (Å²) in [7, 11) is -3.52. The molecule has 1 saturated heterocycles. The molecule has 2 rings (SSSR count). The molecule has 1 aliphatic heterocycles. The van der Waals surface area contributed by atoms with Crippen LogP contribution in [0.25, 0.3) is 0 Å². The van der Waals surface area contributed by atoms with Crippen molar-refractivity contribution in [1.82, 2.24) is 19.9 Å². The number of hydrogen-bond acceptors (Lipinski definition) is 4. The summed E-state index contributed by atoms with van der Waals surface area (Å²) < 4.78 is 26.8. The highest BCUT2D eigenvalue weighted by atomic mass is 127. The van der Waals surface area contributed by atoms with E-state index in [2.05, 4.69) is 38.8 Å². The summed E-state index contributed by atoms with van der Waals surface area (Å²) in [4.78, 5) is 10.8. The van der Waals surface area contributed by atoms with Crippen molar-refractivity contribution >= 4 is 40.0 Å². The number of likely N-dealkylation sites (tertiary alicyclic amines) is 1. The van der Waals surface area contributed by atoms with Gasteiger partial charge < -0.3 is 10.2 Å². The molecule has 9 heteroatoms. The fourth-order valence-electron chi connectivity index (χ4n) is 2.65. The molecule has 142 valence electrons. The number of aromatic nitrogens is 1. The zero-order valence-electron chi connectivity index (χ0n) is 15.0. The molecule has 0 radical (unpaired) electrons. The Kier molecular flexibility index (Phi) is 8.55. The van der Waals surface area contributed by atoms with Crippen LogP contribution in [0.2, 0.25) is 0 Å². The van der Waals surface area contributed by atoms with Crippen LogP contribution in [0.15, 0.2) is 34.4 Å². The van der Waals surface area contributed by atoms with E-state index < -0.39 is 10.0 Å². The van der Waals surface area contributed by atoms with Gasteiger partial charge in [0.05, 0.1) is 6.54 Å². The average Bonchev–Trinajstić information content (AvgIpc) is 2.91. The van der Waals surface area contributed by atoms with E-state index in [4.69, 9.17) is 0 Å². The molecule has 25 heavy (non-hydrogen) atoms. The van der Waals surface area contributed by atoms with Gasteiger partial charge in [-0.15, -0.1) is 24.0 Å². The first kappa shape index (κ1) is 22.1. The van der Waals surface area contributed by atoms with E-state index in [9.17, 15) is 8.42 Å². The van der Waals surface area contributed by atoms with Gasteiger partial charge in [0, 0.05) is 38.6 Å². The normalized spacial score (nSPS) is 17.2. The molecule has 0 spiro atoms. The van der Waals surface area contributed by atoms with Crippen LogP contribution in [0.1, 0.15) is 27.2 Å². The summed E-state index contributed by atoms with van der Waals surface area (Å²) in [5.41, 5.74) is 0.290. The molecule has 0 bridgehead atoms.